The molecule has 0 atom stereocenters. The Morgan fingerprint density at radius 2 is 1.69 bits per heavy atom. The summed E-state index contributed by atoms with van der Waals surface area (Å²) in [6, 6.07) is 22.0. The molecule has 0 aliphatic heterocycles. The predicted molar refractivity (Wildman–Crippen MR) is 118 cm³/mol. The van der Waals surface area contributed by atoms with E-state index in [1.807, 2.05) is 30.3 Å². The molecule has 8 heteroatoms. The van der Waals surface area contributed by atoms with Crippen LogP contribution in [0.5, 0.6) is 5.75 Å². The Labute approximate surface area is 184 Å². The van der Waals surface area contributed by atoms with E-state index in [1.54, 1.807) is 24.3 Å². The van der Waals surface area contributed by atoms with Gasteiger partial charge in [0.05, 0.1) is 10.5 Å². The van der Waals surface area contributed by atoms with Gasteiger partial charge in [-0.05, 0) is 30.3 Å². The van der Waals surface area contributed by atoms with Gasteiger partial charge in [0.2, 0.25) is 5.89 Å². The molecule has 7 nitrogen and oxygen atoms in total. The van der Waals surface area contributed by atoms with Gasteiger partial charge in [-0.15, -0.1) is 0 Å². The molecule has 4 aromatic rings. The van der Waals surface area contributed by atoms with E-state index in [0.29, 0.717) is 28.7 Å². The fraction of sp³-hybridized carbons (Fsp3) is 0.0833. The van der Waals surface area contributed by atoms with E-state index < -0.39 is 15.8 Å². The Morgan fingerprint density at radius 3 is 2.34 bits per heavy atom. The number of carboxylic acid groups (broad SMARTS) is 1. The topological polar surface area (TPSA) is 107 Å². The third kappa shape index (κ3) is 4.70. The van der Waals surface area contributed by atoms with Gasteiger partial charge >= 0.3 is 5.97 Å². The monoisotopic (exact) mass is 449 g/mol. The molecule has 0 amide bonds. The minimum Gasteiger partial charge on any atom is -0.484 e. The van der Waals surface area contributed by atoms with Crippen LogP contribution >= 0.6 is 0 Å². The summed E-state index contributed by atoms with van der Waals surface area (Å²) >= 11 is 0. The van der Waals surface area contributed by atoms with E-state index in [2.05, 4.69) is 4.98 Å². The lowest BCUT2D eigenvalue weighted by Gasteiger charge is -2.04. The highest BCUT2D eigenvalue weighted by atomic mass is 32.2. The van der Waals surface area contributed by atoms with Gasteiger partial charge in [-0.25, -0.2) is 18.2 Å². The third-order valence-corrected chi connectivity index (χ3v) is 5.84. The summed E-state index contributed by atoms with van der Waals surface area (Å²) in [6.07, 6.45) is 1.16. The molecule has 0 saturated heterocycles. The molecular formula is C24H19NO6S. The Balaban J connectivity index is 1.67. The van der Waals surface area contributed by atoms with E-state index >= 15 is 0 Å². The molecule has 0 spiro atoms. The highest BCUT2D eigenvalue weighted by Crippen LogP contribution is 2.33. The first kappa shape index (κ1) is 21.3. The second kappa shape index (κ2) is 8.68. The summed E-state index contributed by atoms with van der Waals surface area (Å²) in [6.45, 7) is -0.00959. The summed E-state index contributed by atoms with van der Waals surface area (Å²) in [5, 5.41) is 9.13. The van der Waals surface area contributed by atoms with Crippen LogP contribution < -0.4 is 4.74 Å². The lowest BCUT2D eigenvalue weighted by atomic mass is 10.1. The van der Waals surface area contributed by atoms with Crippen molar-refractivity contribution in [3.05, 3.63) is 90.3 Å². The van der Waals surface area contributed by atoms with E-state index in [-0.39, 0.29) is 17.1 Å². The number of aromatic nitrogens is 1. The van der Waals surface area contributed by atoms with Crippen molar-refractivity contribution in [1.29, 1.82) is 0 Å². The number of carboxylic acids is 1. The third-order valence-electron chi connectivity index (χ3n) is 4.71. The van der Waals surface area contributed by atoms with E-state index in [4.69, 9.17) is 14.3 Å². The van der Waals surface area contributed by atoms with Crippen LogP contribution in [0.2, 0.25) is 0 Å². The standard InChI is InChI=1S/C24H19NO6S/c1-32(28,29)20-12-10-16(11-13-20)22-23(17-6-3-2-4-7-17)31-21(25-22)15-30-19-9-5-8-18(14-19)24(26)27/h2-14H,15H2,1H3,(H,26,27). The maximum Gasteiger partial charge on any atom is 0.335 e. The second-order valence-electron chi connectivity index (χ2n) is 7.07. The van der Waals surface area contributed by atoms with Crippen LogP contribution in [0.15, 0.2) is 88.2 Å². The number of hydrogen-bond donors (Lipinski definition) is 1. The lowest BCUT2D eigenvalue weighted by molar-refractivity contribution is 0.0696. The number of hydrogen-bond acceptors (Lipinski definition) is 6. The average molecular weight is 449 g/mol. The molecule has 4 rings (SSSR count). The predicted octanol–water partition coefficient (Wildman–Crippen LogP) is 4.69. The van der Waals surface area contributed by atoms with E-state index in [1.165, 1.54) is 24.3 Å². The highest BCUT2D eigenvalue weighted by molar-refractivity contribution is 7.90. The summed E-state index contributed by atoms with van der Waals surface area (Å²) in [5.41, 5.74) is 2.17. The second-order valence-corrected chi connectivity index (χ2v) is 9.09. The first-order chi connectivity index (χ1) is 15.3. The van der Waals surface area contributed by atoms with Crippen molar-refractivity contribution in [3.63, 3.8) is 0 Å². The fourth-order valence-corrected chi connectivity index (χ4v) is 3.76. The maximum atomic E-state index is 11.8. The molecule has 0 unspecified atom stereocenters. The Bertz CT molecular complexity index is 1360. The zero-order chi connectivity index (χ0) is 22.7. The molecule has 0 saturated carbocycles. The van der Waals surface area contributed by atoms with E-state index in [9.17, 15) is 13.2 Å². The van der Waals surface area contributed by atoms with Crippen molar-refractivity contribution in [2.24, 2.45) is 0 Å². The molecule has 3 aromatic carbocycles. The van der Waals surface area contributed by atoms with Gasteiger partial charge in [0.15, 0.2) is 22.2 Å². The quantitative estimate of drug-likeness (QED) is 0.436. The lowest BCUT2D eigenvalue weighted by Crippen LogP contribution is -1.99. The van der Waals surface area contributed by atoms with Crippen molar-refractivity contribution < 1.29 is 27.5 Å². The van der Waals surface area contributed by atoms with Gasteiger partial charge in [-0.2, -0.15) is 0 Å². The molecule has 0 bridgehead atoms. The molecule has 162 valence electrons. The summed E-state index contributed by atoms with van der Waals surface area (Å²) < 4.78 is 35.2. The van der Waals surface area contributed by atoms with Crippen LogP contribution in [0.3, 0.4) is 0 Å². The molecule has 1 aromatic heterocycles. The zero-order valence-electron chi connectivity index (χ0n) is 17.1. The van der Waals surface area contributed by atoms with E-state index in [0.717, 1.165) is 11.8 Å². The van der Waals surface area contributed by atoms with Gasteiger partial charge in [-0.3, -0.25) is 0 Å². The SMILES string of the molecule is CS(=O)(=O)c1ccc(-c2nc(COc3cccc(C(=O)O)c3)oc2-c2ccccc2)cc1. The highest BCUT2D eigenvalue weighted by Gasteiger charge is 2.18. The largest absolute Gasteiger partial charge is 0.484 e. The van der Waals surface area contributed by atoms with Crippen LogP contribution in [0.1, 0.15) is 16.2 Å². The first-order valence-electron chi connectivity index (χ1n) is 9.63. The van der Waals surface area contributed by atoms with Crippen LogP contribution in [-0.2, 0) is 16.4 Å². The van der Waals surface area contributed by atoms with Crippen molar-refractivity contribution in [3.8, 4) is 28.3 Å². The average Bonchev–Trinajstić information content (AvgIpc) is 3.22. The van der Waals surface area contributed by atoms with Crippen molar-refractivity contribution in [2.45, 2.75) is 11.5 Å². The van der Waals surface area contributed by atoms with Crippen molar-refractivity contribution in [2.75, 3.05) is 6.26 Å². The molecule has 32 heavy (non-hydrogen) atoms. The minimum atomic E-state index is -3.31. The van der Waals surface area contributed by atoms with Crippen molar-refractivity contribution >= 4 is 15.8 Å². The number of ether oxygens (including phenoxy) is 1. The molecule has 0 radical (unpaired) electrons. The molecule has 0 fully saturated rings. The Hall–Kier alpha value is -3.91. The van der Waals surface area contributed by atoms with Gasteiger partial charge < -0.3 is 14.3 Å². The van der Waals surface area contributed by atoms with Gasteiger partial charge in [-0.1, -0.05) is 48.5 Å². The van der Waals surface area contributed by atoms with Crippen LogP contribution in [0.4, 0.5) is 0 Å². The molecule has 0 aliphatic carbocycles. The number of aromatic carboxylic acids is 1. The smallest absolute Gasteiger partial charge is 0.335 e. The van der Waals surface area contributed by atoms with Crippen LogP contribution in [0, 0.1) is 0 Å². The number of benzene rings is 3. The number of rotatable bonds is 7. The fourth-order valence-electron chi connectivity index (χ4n) is 3.13. The van der Waals surface area contributed by atoms with Gasteiger partial charge in [0.1, 0.15) is 11.4 Å². The molecule has 1 N–H and O–H groups in total. The molecule has 1 heterocycles. The van der Waals surface area contributed by atoms with Crippen LogP contribution in [-0.4, -0.2) is 30.7 Å². The Kier molecular flexibility index (Phi) is 5.79. The summed E-state index contributed by atoms with van der Waals surface area (Å²) in [4.78, 5) is 15.9. The maximum absolute atomic E-state index is 11.8. The minimum absolute atomic E-state index is 0.00959. The zero-order valence-corrected chi connectivity index (χ0v) is 17.9. The van der Waals surface area contributed by atoms with Crippen molar-refractivity contribution in [1.82, 2.24) is 4.98 Å². The number of oxazole rings is 1. The molecular weight excluding hydrogens is 430 g/mol. The first-order valence-corrected chi connectivity index (χ1v) is 11.5. The normalized spacial score (nSPS) is 11.3. The Morgan fingerprint density at radius 1 is 0.969 bits per heavy atom. The van der Waals surface area contributed by atoms with Crippen LogP contribution in [0.25, 0.3) is 22.6 Å². The van der Waals surface area contributed by atoms with Gasteiger partial charge in [0, 0.05) is 17.4 Å². The molecule has 0 aliphatic rings. The van der Waals surface area contributed by atoms with Gasteiger partial charge in [0.25, 0.3) is 0 Å². The number of sulfone groups is 1. The summed E-state index contributed by atoms with van der Waals surface area (Å²) in [7, 11) is -3.31. The number of nitrogens with zero attached hydrogens (tertiary/aromatic N) is 1. The number of carbonyl (C=O) groups is 1. The summed E-state index contributed by atoms with van der Waals surface area (Å²) in [5.74, 6) is 0.156.